The quantitative estimate of drug-likeness (QED) is 0.524. The Balaban J connectivity index is 1.95. The molecule has 1 aliphatic rings. The van der Waals surface area contributed by atoms with E-state index in [4.69, 9.17) is 0 Å². The van der Waals surface area contributed by atoms with E-state index in [-0.39, 0.29) is 53.5 Å². The molecule has 0 saturated heterocycles. The van der Waals surface area contributed by atoms with E-state index in [1.54, 1.807) is 14.0 Å². The lowest BCUT2D eigenvalue weighted by atomic mass is 9.98. The lowest BCUT2D eigenvalue weighted by molar-refractivity contribution is -0.138. The van der Waals surface area contributed by atoms with Gasteiger partial charge in [-0.15, -0.1) is 0 Å². The van der Waals surface area contributed by atoms with Gasteiger partial charge in [0.25, 0.3) is 11.5 Å². The number of fused-ring (bicyclic) bond motifs is 1. The highest BCUT2D eigenvalue weighted by Gasteiger charge is 2.36. The van der Waals surface area contributed by atoms with E-state index < -0.39 is 23.7 Å². The third-order valence-corrected chi connectivity index (χ3v) is 6.65. The lowest BCUT2D eigenvalue weighted by Crippen LogP contribution is -2.46. The molecule has 0 unspecified atom stereocenters. The Morgan fingerprint density at radius 2 is 1.97 bits per heavy atom. The highest BCUT2D eigenvalue weighted by atomic mass is 79.9. The minimum atomic E-state index is -4.61. The van der Waals surface area contributed by atoms with Gasteiger partial charge >= 0.3 is 6.18 Å². The van der Waals surface area contributed by atoms with Crippen molar-refractivity contribution < 1.29 is 22.8 Å². The normalized spacial score (nSPS) is 15.6. The smallest absolute Gasteiger partial charge is 0.359 e. The van der Waals surface area contributed by atoms with Crippen LogP contribution in [0.1, 0.15) is 60.8 Å². The number of anilines is 1. The number of rotatable bonds is 7. The Kier molecular flexibility index (Phi) is 8.48. The fourth-order valence-electron chi connectivity index (χ4n) is 4.11. The van der Waals surface area contributed by atoms with Crippen molar-refractivity contribution in [3.05, 3.63) is 55.4 Å². The van der Waals surface area contributed by atoms with Crippen molar-refractivity contribution >= 4 is 33.7 Å². The molecule has 2 heterocycles. The summed E-state index contributed by atoms with van der Waals surface area (Å²) >= 11 is 2.90. The van der Waals surface area contributed by atoms with Crippen LogP contribution in [-0.2, 0) is 30.5 Å². The van der Waals surface area contributed by atoms with Gasteiger partial charge in [-0.05, 0) is 51.8 Å². The van der Waals surface area contributed by atoms with Gasteiger partial charge in [0.05, 0.1) is 17.8 Å². The second-order valence-corrected chi connectivity index (χ2v) is 9.93. The van der Waals surface area contributed by atoms with E-state index in [0.29, 0.717) is 23.6 Å². The van der Waals surface area contributed by atoms with Gasteiger partial charge in [0.15, 0.2) is 0 Å². The molecule has 0 bridgehead atoms. The van der Waals surface area contributed by atoms with E-state index in [0.717, 1.165) is 6.07 Å². The number of aromatic nitrogens is 2. The molecule has 2 amide bonds. The molecule has 36 heavy (non-hydrogen) atoms. The van der Waals surface area contributed by atoms with Crippen LogP contribution in [-0.4, -0.2) is 45.4 Å². The molecule has 1 aliphatic heterocycles. The first-order valence-electron chi connectivity index (χ1n) is 11.6. The van der Waals surface area contributed by atoms with Crippen LogP contribution >= 0.6 is 15.9 Å². The van der Waals surface area contributed by atoms with Gasteiger partial charge in [-0.2, -0.15) is 13.2 Å². The molecule has 1 aromatic carbocycles. The first kappa shape index (κ1) is 27.7. The van der Waals surface area contributed by atoms with Crippen molar-refractivity contribution in [1.82, 2.24) is 19.8 Å². The molecular weight excluding hydrogens is 543 g/mol. The summed E-state index contributed by atoms with van der Waals surface area (Å²) in [7, 11) is 1.55. The van der Waals surface area contributed by atoms with Crippen molar-refractivity contribution in [2.45, 2.75) is 71.4 Å². The SMILES string of the molecule is CNC(=O)CCCn1c(NC(C)C)nc2c(c1=O)C[C@@H](C)N(C(=O)c1ccc(Br)c(C(F)(F)F)c1)C2. The molecule has 196 valence electrons. The summed E-state index contributed by atoms with van der Waals surface area (Å²) in [6, 6.07) is 2.91. The van der Waals surface area contributed by atoms with Crippen molar-refractivity contribution in [2.75, 3.05) is 12.4 Å². The van der Waals surface area contributed by atoms with Gasteiger partial charge in [-0.3, -0.25) is 19.0 Å². The maximum Gasteiger partial charge on any atom is 0.417 e. The number of amides is 2. The minimum Gasteiger partial charge on any atom is -0.359 e. The number of nitrogens with zero attached hydrogens (tertiary/aromatic N) is 3. The number of carbonyl (C=O) groups is 2. The number of carbonyl (C=O) groups excluding carboxylic acids is 2. The lowest BCUT2D eigenvalue weighted by Gasteiger charge is -2.35. The molecule has 8 nitrogen and oxygen atoms in total. The molecular formula is C24H29BrF3N5O3. The number of alkyl halides is 3. The summed E-state index contributed by atoms with van der Waals surface area (Å²) in [5, 5.41) is 5.70. The third kappa shape index (κ3) is 6.08. The van der Waals surface area contributed by atoms with Gasteiger partial charge in [-0.1, -0.05) is 15.9 Å². The van der Waals surface area contributed by atoms with Crippen LogP contribution in [0.25, 0.3) is 0 Å². The highest BCUT2D eigenvalue weighted by Crippen LogP contribution is 2.36. The third-order valence-electron chi connectivity index (χ3n) is 5.96. The first-order valence-corrected chi connectivity index (χ1v) is 12.4. The van der Waals surface area contributed by atoms with Gasteiger partial charge in [0.2, 0.25) is 11.9 Å². The number of hydrogen-bond donors (Lipinski definition) is 2. The van der Waals surface area contributed by atoms with Crippen LogP contribution in [0.15, 0.2) is 27.5 Å². The molecule has 2 N–H and O–H groups in total. The van der Waals surface area contributed by atoms with Crippen molar-refractivity contribution in [3.63, 3.8) is 0 Å². The summed E-state index contributed by atoms with van der Waals surface area (Å²) in [5.74, 6) is -0.367. The Morgan fingerprint density at radius 1 is 1.28 bits per heavy atom. The second-order valence-electron chi connectivity index (χ2n) is 9.07. The fourth-order valence-corrected chi connectivity index (χ4v) is 4.58. The Hall–Kier alpha value is -2.89. The Labute approximate surface area is 215 Å². The average Bonchev–Trinajstić information content (AvgIpc) is 2.79. The van der Waals surface area contributed by atoms with E-state index in [1.807, 2.05) is 13.8 Å². The molecule has 0 spiro atoms. The largest absolute Gasteiger partial charge is 0.417 e. The van der Waals surface area contributed by atoms with E-state index in [1.165, 1.54) is 21.6 Å². The zero-order valence-electron chi connectivity index (χ0n) is 20.5. The summed E-state index contributed by atoms with van der Waals surface area (Å²) in [6.07, 6.45) is -3.70. The van der Waals surface area contributed by atoms with E-state index >= 15 is 0 Å². The fraction of sp³-hybridized carbons (Fsp3) is 0.500. The Morgan fingerprint density at radius 3 is 2.58 bits per heavy atom. The van der Waals surface area contributed by atoms with Crippen molar-refractivity contribution in [3.8, 4) is 0 Å². The zero-order chi connectivity index (χ0) is 26.8. The predicted octanol–water partition coefficient (Wildman–Crippen LogP) is 3.96. The molecule has 0 aliphatic carbocycles. The van der Waals surface area contributed by atoms with Crippen LogP contribution in [0.5, 0.6) is 0 Å². The molecule has 2 aromatic rings. The monoisotopic (exact) mass is 571 g/mol. The molecule has 1 aromatic heterocycles. The van der Waals surface area contributed by atoms with Crippen LogP contribution in [0.2, 0.25) is 0 Å². The molecule has 12 heteroatoms. The summed E-state index contributed by atoms with van der Waals surface area (Å²) in [4.78, 5) is 44.3. The zero-order valence-corrected chi connectivity index (χ0v) is 22.1. The first-order chi connectivity index (χ1) is 16.8. The van der Waals surface area contributed by atoms with Crippen molar-refractivity contribution in [2.24, 2.45) is 0 Å². The number of halogens is 4. The van der Waals surface area contributed by atoms with Gasteiger partial charge in [-0.25, -0.2) is 4.98 Å². The number of benzene rings is 1. The maximum atomic E-state index is 13.4. The standard InChI is InChI=1S/C24H29BrF3N5O3/c1-13(2)30-23-31-19-12-33(21(35)15-7-8-18(25)17(11-15)24(26,27)28)14(3)10-16(19)22(36)32(23)9-5-6-20(34)29-4/h7-8,11,13-14H,5-6,9-10,12H2,1-4H3,(H,29,34)(H,30,31)/t14-/m1/s1. The van der Waals surface area contributed by atoms with Crippen LogP contribution in [0.3, 0.4) is 0 Å². The van der Waals surface area contributed by atoms with Crippen LogP contribution in [0.4, 0.5) is 19.1 Å². The molecule has 0 saturated carbocycles. The van der Waals surface area contributed by atoms with Crippen LogP contribution < -0.4 is 16.2 Å². The van der Waals surface area contributed by atoms with E-state index in [2.05, 4.69) is 31.5 Å². The summed E-state index contributed by atoms with van der Waals surface area (Å²) < 4.78 is 41.4. The molecule has 0 radical (unpaired) electrons. The number of hydrogen-bond acceptors (Lipinski definition) is 5. The van der Waals surface area contributed by atoms with Crippen LogP contribution in [0, 0.1) is 0 Å². The topological polar surface area (TPSA) is 96.3 Å². The Bertz CT molecular complexity index is 1210. The van der Waals surface area contributed by atoms with Gasteiger partial charge < -0.3 is 15.5 Å². The molecule has 0 fully saturated rings. The average molecular weight is 572 g/mol. The van der Waals surface area contributed by atoms with E-state index in [9.17, 15) is 27.6 Å². The van der Waals surface area contributed by atoms with Gasteiger partial charge in [0, 0.05) is 47.7 Å². The summed E-state index contributed by atoms with van der Waals surface area (Å²) in [6.45, 7) is 5.82. The van der Waals surface area contributed by atoms with Crippen molar-refractivity contribution in [1.29, 1.82) is 0 Å². The number of nitrogens with one attached hydrogen (secondary N) is 2. The molecule has 3 rings (SSSR count). The van der Waals surface area contributed by atoms with Gasteiger partial charge in [0.1, 0.15) is 0 Å². The maximum absolute atomic E-state index is 13.4. The molecule has 1 atom stereocenters. The predicted molar refractivity (Wildman–Crippen MR) is 133 cm³/mol. The minimum absolute atomic E-state index is 0.00611. The summed E-state index contributed by atoms with van der Waals surface area (Å²) in [5.41, 5.74) is -0.400. The highest BCUT2D eigenvalue weighted by molar-refractivity contribution is 9.10. The second kappa shape index (κ2) is 11.0.